The molecular weight excluding hydrogens is 234 g/mol. The molecule has 1 aliphatic carbocycles. The number of hydrogen-bond acceptors (Lipinski definition) is 3. The molecule has 0 aromatic carbocycles. The van der Waals surface area contributed by atoms with Crippen LogP contribution >= 0.6 is 0 Å². The Morgan fingerprint density at radius 2 is 2.16 bits per heavy atom. The molecule has 19 heavy (non-hydrogen) atoms. The van der Waals surface area contributed by atoms with Crippen LogP contribution in [0.2, 0.25) is 0 Å². The predicted octanol–water partition coefficient (Wildman–Crippen LogP) is 3.38. The van der Waals surface area contributed by atoms with Crippen LogP contribution in [0.25, 0.3) is 0 Å². The Morgan fingerprint density at radius 3 is 2.79 bits per heavy atom. The largest absolute Gasteiger partial charge is 0.357 e. The van der Waals surface area contributed by atoms with Crippen molar-refractivity contribution in [3.05, 3.63) is 23.9 Å². The minimum Gasteiger partial charge on any atom is -0.357 e. The molecule has 1 saturated carbocycles. The zero-order valence-electron chi connectivity index (χ0n) is 12.7. The standard InChI is InChI=1S/C16H27N3/c1-5-9-17-12(2)15-8-10-18-16(11-15)19(4)13(3)14-6-7-14/h8,10-14,17H,5-7,9H2,1-4H3. The van der Waals surface area contributed by atoms with Crippen LogP contribution in [-0.4, -0.2) is 24.6 Å². The first-order valence-corrected chi connectivity index (χ1v) is 7.55. The van der Waals surface area contributed by atoms with Crippen LogP contribution in [0.4, 0.5) is 5.82 Å². The molecule has 0 bridgehead atoms. The maximum absolute atomic E-state index is 4.53. The average Bonchev–Trinajstić information content (AvgIpc) is 3.27. The molecule has 0 radical (unpaired) electrons. The van der Waals surface area contributed by atoms with Crippen LogP contribution < -0.4 is 10.2 Å². The highest BCUT2D eigenvalue weighted by atomic mass is 15.2. The molecule has 2 rings (SSSR count). The summed E-state index contributed by atoms with van der Waals surface area (Å²) in [6.07, 6.45) is 5.85. The van der Waals surface area contributed by atoms with Gasteiger partial charge in [0, 0.05) is 25.3 Å². The molecular formula is C16H27N3. The lowest BCUT2D eigenvalue weighted by atomic mass is 10.1. The molecule has 2 unspecified atom stereocenters. The molecule has 1 N–H and O–H groups in total. The smallest absolute Gasteiger partial charge is 0.128 e. The maximum atomic E-state index is 4.53. The van der Waals surface area contributed by atoms with Gasteiger partial charge in [0.2, 0.25) is 0 Å². The van der Waals surface area contributed by atoms with E-state index in [2.05, 4.69) is 55.2 Å². The van der Waals surface area contributed by atoms with Gasteiger partial charge in [-0.05, 0) is 63.3 Å². The highest BCUT2D eigenvalue weighted by molar-refractivity contribution is 5.42. The second-order valence-corrected chi connectivity index (χ2v) is 5.81. The molecule has 1 fully saturated rings. The highest BCUT2D eigenvalue weighted by Gasteiger charge is 2.31. The molecule has 0 amide bonds. The number of hydrogen-bond donors (Lipinski definition) is 1. The van der Waals surface area contributed by atoms with E-state index in [0.29, 0.717) is 12.1 Å². The molecule has 3 nitrogen and oxygen atoms in total. The van der Waals surface area contributed by atoms with Crippen molar-refractivity contribution in [1.29, 1.82) is 0 Å². The monoisotopic (exact) mass is 261 g/mol. The van der Waals surface area contributed by atoms with Crippen molar-refractivity contribution in [3.8, 4) is 0 Å². The lowest BCUT2D eigenvalue weighted by Crippen LogP contribution is -2.31. The summed E-state index contributed by atoms with van der Waals surface area (Å²) in [5, 5.41) is 3.53. The third-order valence-electron chi connectivity index (χ3n) is 4.25. The molecule has 0 spiro atoms. The van der Waals surface area contributed by atoms with Crippen LogP contribution in [0.3, 0.4) is 0 Å². The summed E-state index contributed by atoms with van der Waals surface area (Å²) in [6.45, 7) is 7.79. The predicted molar refractivity (Wildman–Crippen MR) is 81.5 cm³/mol. The maximum Gasteiger partial charge on any atom is 0.128 e. The Labute approximate surface area is 117 Å². The van der Waals surface area contributed by atoms with Gasteiger partial charge in [0.15, 0.2) is 0 Å². The first-order valence-electron chi connectivity index (χ1n) is 7.55. The van der Waals surface area contributed by atoms with E-state index in [9.17, 15) is 0 Å². The quantitative estimate of drug-likeness (QED) is 0.815. The van der Waals surface area contributed by atoms with Crippen LogP contribution in [-0.2, 0) is 0 Å². The molecule has 1 heterocycles. The van der Waals surface area contributed by atoms with E-state index in [1.807, 2.05) is 6.20 Å². The molecule has 2 atom stereocenters. The van der Waals surface area contributed by atoms with E-state index in [1.54, 1.807) is 0 Å². The molecule has 0 aliphatic heterocycles. The third kappa shape index (κ3) is 3.69. The van der Waals surface area contributed by atoms with E-state index >= 15 is 0 Å². The summed E-state index contributed by atoms with van der Waals surface area (Å²) in [5.74, 6) is 1.97. The van der Waals surface area contributed by atoms with Gasteiger partial charge in [-0.2, -0.15) is 0 Å². The zero-order chi connectivity index (χ0) is 13.8. The van der Waals surface area contributed by atoms with Crippen LogP contribution in [0.15, 0.2) is 18.3 Å². The number of anilines is 1. The lowest BCUT2D eigenvalue weighted by Gasteiger charge is -2.26. The number of nitrogens with one attached hydrogen (secondary N) is 1. The van der Waals surface area contributed by atoms with E-state index < -0.39 is 0 Å². The first-order chi connectivity index (χ1) is 9.13. The molecule has 1 aromatic heterocycles. The van der Waals surface area contributed by atoms with Crippen LogP contribution in [0, 0.1) is 5.92 Å². The van der Waals surface area contributed by atoms with E-state index in [4.69, 9.17) is 0 Å². The first kappa shape index (κ1) is 14.3. The van der Waals surface area contributed by atoms with Gasteiger partial charge in [0.05, 0.1) is 0 Å². The summed E-state index contributed by atoms with van der Waals surface area (Å²) < 4.78 is 0. The summed E-state index contributed by atoms with van der Waals surface area (Å²) in [4.78, 5) is 6.86. The summed E-state index contributed by atoms with van der Waals surface area (Å²) in [7, 11) is 2.17. The fraction of sp³-hybridized carbons (Fsp3) is 0.688. The van der Waals surface area contributed by atoms with E-state index in [1.165, 1.54) is 24.8 Å². The van der Waals surface area contributed by atoms with Gasteiger partial charge in [0.25, 0.3) is 0 Å². The Bertz CT molecular complexity index is 401. The Balaban J connectivity index is 2.05. The SMILES string of the molecule is CCCNC(C)c1ccnc(N(C)C(C)C2CC2)c1. The topological polar surface area (TPSA) is 28.2 Å². The van der Waals surface area contributed by atoms with Gasteiger partial charge in [-0.1, -0.05) is 6.92 Å². The molecule has 106 valence electrons. The Hall–Kier alpha value is -1.09. The Kier molecular flexibility index (Phi) is 4.81. The van der Waals surface area contributed by atoms with Crippen LogP contribution in [0.1, 0.15) is 51.6 Å². The summed E-state index contributed by atoms with van der Waals surface area (Å²) >= 11 is 0. The van der Waals surface area contributed by atoms with Crippen molar-refractivity contribution in [2.24, 2.45) is 5.92 Å². The van der Waals surface area contributed by atoms with Crippen molar-refractivity contribution in [2.75, 3.05) is 18.5 Å². The minimum atomic E-state index is 0.395. The summed E-state index contributed by atoms with van der Waals surface area (Å²) in [5.41, 5.74) is 1.33. The van der Waals surface area contributed by atoms with Crippen molar-refractivity contribution in [2.45, 2.75) is 52.1 Å². The van der Waals surface area contributed by atoms with Crippen molar-refractivity contribution in [3.63, 3.8) is 0 Å². The van der Waals surface area contributed by atoms with Gasteiger partial charge in [0.1, 0.15) is 5.82 Å². The summed E-state index contributed by atoms with van der Waals surface area (Å²) in [6, 6.07) is 5.34. The molecule has 0 saturated heterocycles. The fourth-order valence-corrected chi connectivity index (χ4v) is 2.48. The fourth-order valence-electron chi connectivity index (χ4n) is 2.48. The van der Waals surface area contributed by atoms with Gasteiger partial charge in [-0.3, -0.25) is 0 Å². The van der Waals surface area contributed by atoms with E-state index in [-0.39, 0.29) is 0 Å². The molecule has 1 aliphatic rings. The van der Waals surface area contributed by atoms with Gasteiger partial charge < -0.3 is 10.2 Å². The van der Waals surface area contributed by atoms with Gasteiger partial charge >= 0.3 is 0 Å². The van der Waals surface area contributed by atoms with Gasteiger partial charge in [-0.15, -0.1) is 0 Å². The normalized spacial score (nSPS) is 18.1. The average molecular weight is 261 g/mol. The Morgan fingerprint density at radius 1 is 1.42 bits per heavy atom. The third-order valence-corrected chi connectivity index (χ3v) is 4.25. The zero-order valence-corrected chi connectivity index (χ0v) is 12.7. The van der Waals surface area contributed by atoms with Crippen molar-refractivity contribution < 1.29 is 0 Å². The van der Waals surface area contributed by atoms with Crippen molar-refractivity contribution >= 4 is 5.82 Å². The second-order valence-electron chi connectivity index (χ2n) is 5.81. The molecule has 1 aromatic rings. The molecule has 3 heteroatoms. The number of nitrogens with zero attached hydrogens (tertiary/aromatic N) is 2. The number of pyridine rings is 1. The lowest BCUT2D eigenvalue weighted by molar-refractivity contribution is 0.568. The number of aromatic nitrogens is 1. The minimum absolute atomic E-state index is 0.395. The van der Waals surface area contributed by atoms with Crippen molar-refractivity contribution in [1.82, 2.24) is 10.3 Å². The van der Waals surface area contributed by atoms with E-state index in [0.717, 1.165) is 18.3 Å². The second kappa shape index (κ2) is 6.38. The number of rotatable bonds is 7. The highest BCUT2D eigenvalue weighted by Crippen LogP contribution is 2.36. The van der Waals surface area contributed by atoms with Crippen LogP contribution in [0.5, 0.6) is 0 Å². The van der Waals surface area contributed by atoms with Gasteiger partial charge in [-0.25, -0.2) is 4.98 Å².